The van der Waals surface area contributed by atoms with Crippen molar-refractivity contribution in [3.8, 4) is 0 Å². The largest absolute Gasteiger partial charge is 0.359 e. The van der Waals surface area contributed by atoms with Crippen LogP contribution in [0.15, 0.2) is 18.2 Å². The van der Waals surface area contributed by atoms with Gasteiger partial charge in [0, 0.05) is 23.4 Å². The van der Waals surface area contributed by atoms with Crippen LogP contribution in [0.25, 0.3) is 0 Å². The molecule has 0 aromatic heterocycles. The topological polar surface area (TPSA) is 67.2 Å². The third-order valence-electron chi connectivity index (χ3n) is 4.09. The van der Waals surface area contributed by atoms with Gasteiger partial charge in [-0.2, -0.15) is 0 Å². The number of benzene rings is 1. The fraction of sp³-hybridized carbons (Fsp3) is 0.533. The van der Waals surface area contributed by atoms with Crippen LogP contribution in [0.1, 0.15) is 38.2 Å². The van der Waals surface area contributed by atoms with Crippen molar-refractivity contribution in [2.24, 2.45) is 5.92 Å². The molecule has 2 rings (SSSR count). The van der Waals surface area contributed by atoms with E-state index in [0.717, 1.165) is 6.42 Å². The van der Waals surface area contributed by atoms with E-state index in [9.17, 15) is 10.1 Å². The number of anilines is 1. The fourth-order valence-electron chi connectivity index (χ4n) is 2.75. The van der Waals surface area contributed by atoms with Gasteiger partial charge in [0.2, 0.25) is 0 Å². The predicted octanol–water partition coefficient (Wildman–Crippen LogP) is 3.77. The van der Waals surface area contributed by atoms with Crippen molar-refractivity contribution in [2.45, 2.75) is 45.6 Å². The van der Waals surface area contributed by atoms with E-state index in [1.54, 1.807) is 19.1 Å². The number of nitro groups is 1. The molecule has 0 radical (unpaired) electrons. The normalized spacial score (nSPS) is 21.6. The molecule has 0 aliphatic heterocycles. The Balaban J connectivity index is 1.99. The summed E-state index contributed by atoms with van der Waals surface area (Å²) in [5.74, 6) is 0.603. The summed E-state index contributed by atoms with van der Waals surface area (Å²) in [6.45, 7) is 3.96. The Hall–Kier alpha value is -1.69. The number of hydrogen-bond donors (Lipinski definition) is 2. The Morgan fingerprint density at radius 2 is 2.10 bits per heavy atom. The molecule has 0 spiro atoms. The Morgan fingerprint density at radius 1 is 1.38 bits per heavy atom. The van der Waals surface area contributed by atoms with Crippen molar-refractivity contribution in [1.29, 1.82) is 0 Å². The van der Waals surface area contributed by atoms with Gasteiger partial charge in [0.1, 0.15) is 0 Å². The first-order valence-electron chi connectivity index (χ1n) is 7.30. The van der Waals surface area contributed by atoms with Gasteiger partial charge in [-0.3, -0.25) is 10.1 Å². The predicted molar refractivity (Wildman–Crippen MR) is 88.6 cm³/mol. The molecule has 1 aromatic rings. The van der Waals surface area contributed by atoms with Crippen LogP contribution in [0.4, 0.5) is 11.4 Å². The molecule has 0 unspecified atom stereocenters. The Labute approximate surface area is 130 Å². The number of aryl methyl sites for hydroxylation is 1. The quantitative estimate of drug-likeness (QED) is 0.505. The molecule has 6 heteroatoms. The third kappa shape index (κ3) is 4.14. The van der Waals surface area contributed by atoms with Gasteiger partial charge in [-0.15, -0.1) is 0 Å². The summed E-state index contributed by atoms with van der Waals surface area (Å²) in [4.78, 5) is 10.6. The first-order valence-corrected chi connectivity index (χ1v) is 7.71. The molecule has 0 amide bonds. The van der Waals surface area contributed by atoms with Crippen molar-refractivity contribution in [3.05, 3.63) is 33.9 Å². The molecule has 0 heterocycles. The standard InChI is InChI=1S/C15H21N3O2S/c1-10-5-3-4-6-13(10)17-15(21)16-12-8-7-11(2)14(9-12)18(19)20/h7-10,13H,3-6H2,1-2H3,(H2,16,17,21)/t10-,13-/m1/s1. The zero-order valence-electron chi connectivity index (χ0n) is 12.4. The monoisotopic (exact) mass is 307 g/mol. The summed E-state index contributed by atoms with van der Waals surface area (Å²) in [6, 6.07) is 5.44. The molecule has 0 saturated heterocycles. The Morgan fingerprint density at radius 3 is 2.76 bits per heavy atom. The van der Waals surface area contributed by atoms with Crippen molar-refractivity contribution in [2.75, 3.05) is 5.32 Å². The van der Waals surface area contributed by atoms with Gasteiger partial charge in [0.25, 0.3) is 5.69 Å². The second kappa shape index (κ2) is 6.85. The smallest absolute Gasteiger partial charge is 0.274 e. The van der Waals surface area contributed by atoms with E-state index in [1.807, 2.05) is 0 Å². The minimum atomic E-state index is -0.375. The van der Waals surface area contributed by atoms with Gasteiger partial charge in [-0.1, -0.05) is 25.8 Å². The summed E-state index contributed by atoms with van der Waals surface area (Å²) in [6.07, 6.45) is 4.84. The molecule has 2 N–H and O–H groups in total. The zero-order chi connectivity index (χ0) is 15.4. The highest BCUT2D eigenvalue weighted by molar-refractivity contribution is 7.80. The summed E-state index contributed by atoms with van der Waals surface area (Å²) >= 11 is 5.32. The molecular formula is C15H21N3O2S. The van der Waals surface area contributed by atoms with E-state index in [4.69, 9.17) is 12.2 Å². The number of rotatable bonds is 3. The van der Waals surface area contributed by atoms with Gasteiger partial charge in [0.05, 0.1) is 4.92 Å². The SMILES string of the molecule is Cc1ccc(NC(=S)N[C@@H]2CCCC[C@H]2C)cc1[N+](=O)[O-]. The molecule has 2 atom stereocenters. The van der Waals surface area contributed by atoms with E-state index >= 15 is 0 Å². The highest BCUT2D eigenvalue weighted by Gasteiger charge is 2.21. The lowest BCUT2D eigenvalue weighted by Gasteiger charge is -2.30. The minimum Gasteiger partial charge on any atom is -0.359 e. The molecule has 114 valence electrons. The van der Waals surface area contributed by atoms with Gasteiger partial charge in [0.15, 0.2) is 5.11 Å². The molecule has 5 nitrogen and oxygen atoms in total. The highest BCUT2D eigenvalue weighted by Crippen LogP contribution is 2.25. The Kier molecular flexibility index (Phi) is 5.12. The van der Waals surface area contributed by atoms with E-state index < -0.39 is 0 Å². The second-order valence-electron chi connectivity index (χ2n) is 5.73. The summed E-state index contributed by atoms with van der Waals surface area (Å²) in [5.41, 5.74) is 1.40. The number of hydrogen-bond acceptors (Lipinski definition) is 3. The van der Waals surface area contributed by atoms with Crippen LogP contribution in [-0.4, -0.2) is 16.1 Å². The number of thiocarbonyl (C=S) groups is 1. The van der Waals surface area contributed by atoms with Gasteiger partial charge in [-0.25, -0.2) is 0 Å². The first kappa shape index (κ1) is 15.7. The molecule has 0 bridgehead atoms. The maximum Gasteiger partial charge on any atom is 0.274 e. The van der Waals surface area contributed by atoms with Crippen molar-refractivity contribution < 1.29 is 4.92 Å². The lowest BCUT2D eigenvalue weighted by Crippen LogP contribution is -2.43. The average Bonchev–Trinajstić information content (AvgIpc) is 2.43. The maximum absolute atomic E-state index is 10.9. The molecule has 1 saturated carbocycles. The number of nitrogens with zero attached hydrogens (tertiary/aromatic N) is 1. The van der Waals surface area contributed by atoms with Gasteiger partial charge >= 0.3 is 0 Å². The van der Waals surface area contributed by atoms with E-state index in [0.29, 0.717) is 28.3 Å². The van der Waals surface area contributed by atoms with Crippen LogP contribution in [0.5, 0.6) is 0 Å². The van der Waals surface area contributed by atoms with Crippen LogP contribution in [0.2, 0.25) is 0 Å². The third-order valence-corrected chi connectivity index (χ3v) is 4.31. The lowest BCUT2D eigenvalue weighted by atomic mass is 9.86. The summed E-state index contributed by atoms with van der Waals surface area (Å²) in [5, 5.41) is 17.9. The van der Waals surface area contributed by atoms with E-state index in [1.165, 1.54) is 25.3 Å². The minimum absolute atomic E-state index is 0.105. The molecule has 1 aliphatic carbocycles. The summed E-state index contributed by atoms with van der Waals surface area (Å²) in [7, 11) is 0. The first-order chi connectivity index (χ1) is 9.97. The van der Waals surface area contributed by atoms with Crippen LogP contribution < -0.4 is 10.6 Å². The van der Waals surface area contributed by atoms with Gasteiger partial charge in [-0.05, 0) is 44.0 Å². The number of nitrogens with one attached hydrogen (secondary N) is 2. The van der Waals surface area contributed by atoms with Crippen molar-refractivity contribution in [3.63, 3.8) is 0 Å². The lowest BCUT2D eigenvalue weighted by molar-refractivity contribution is -0.385. The molecular weight excluding hydrogens is 286 g/mol. The van der Waals surface area contributed by atoms with Crippen molar-refractivity contribution in [1.82, 2.24) is 5.32 Å². The summed E-state index contributed by atoms with van der Waals surface area (Å²) < 4.78 is 0. The van der Waals surface area contributed by atoms with Gasteiger partial charge < -0.3 is 10.6 Å². The maximum atomic E-state index is 10.9. The number of nitro benzene ring substituents is 1. The van der Waals surface area contributed by atoms with E-state index in [-0.39, 0.29) is 10.6 Å². The molecule has 1 fully saturated rings. The molecule has 21 heavy (non-hydrogen) atoms. The van der Waals surface area contributed by atoms with Crippen LogP contribution in [-0.2, 0) is 0 Å². The highest BCUT2D eigenvalue weighted by atomic mass is 32.1. The molecule has 1 aromatic carbocycles. The fourth-order valence-corrected chi connectivity index (χ4v) is 3.02. The van der Waals surface area contributed by atoms with Crippen LogP contribution in [0.3, 0.4) is 0 Å². The van der Waals surface area contributed by atoms with Crippen molar-refractivity contribution >= 4 is 28.7 Å². The van der Waals surface area contributed by atoms with E-state index in [2.05, 4.69) is 17.6 Å². The second-order valence-corrected chi connectivity index (χ2v) is 6.13. The van der Waals surface area contributed by atoms with Crippen LogP contribution >= 0.6 is 12.2 Å². The zero-order valence-corrected chi connectivity index (χ0v) is 13.2. The van der Waals surface area contributed by atoms with Crippen LogP contribution in [0, 0.1) is 23.0 Å². The average molecular weight is 307 g/mol. The Bertz CT molecular complexity index is 548. The molecule has 1 aliphatic rings.